The van der Waals surface area contributed by atoms with Crippen molar-refractivity contribution in [2.45, 2.75) is 264 Å². The average molecular weight is 789 g/mol. The summed E-state index contributed by atoms with van der Waals surface area (Å²) in [5, 5.41) is 13.8. The first-order chi connectivity index (χ1) is 26.4. The molecular weight excluding hydrogens is 695 g/mol. The molecule has 3 atom stereocenters. The minimum atomic E-state index is -4.31. The topological polar surface area (TPSA) is 131 Å². The van der Waals surface area contributed by atoms with Crippen molar-refractivity contribution in [3.63, 3.8) is 0 Å². The first-order valence-electron chi connectivity index (χ1n) is 23.7. The van der Waals surface area contributed by atoms with E-state index in [1.165, 1.54) is 186 Å². The lowest BCUT2D eigenvalue weighted by Gasteiger charge is -2.25. The van der Waals surface area contributed by atoms with Crippen molar-refractivity contribution in [2.75, 3.05) is 19.8 Å². The highest BCUT2D eigenvalue weighted by Crippen LogP contribution is 2.43. The Morgan fingerprint density at radius 3 is 1.19 bits per heavy atom. The number of aliphatic hydroxyl groups is 1. The lowest BCUT2D eigenvalue weighted by molar-refractivity contribution is -0.123. The van der Waals surface area contributed by atoms with Gasteiger partial charge in [0.25, 0.3) is 0 Å². The Hall–Kier alpha value is -0.500. The molecule has 0 rings (SSSR count). The zero-order valence-corrected chi connectivity index (χ0v) is 36.9. The third-order valence-corrected chi connectivity index (χ3v) is 11.9. The first-order valence-corrected chi connectivity index (χ1v) is 25.1. The second kappa shape index (κ2) is 42.1. The molecule has 324 valence electrons. The van der Waals surface area contributed by atoms with Crippen LogP contribution >= 0.6 is 7.82 Å². The molecule has 0 saturated carbocycles. The van der Waals surface area contributed by atoms with Crippen molar-refractivity contribution in [2.24, 2.45) is 5.73 Å². The normalized spacial score (nSPS) is 13.9. The molecule has 8 nitrogen and oxygen atoms in total. The Balaban J connectivity index is 3.97. The van der Waals surface area contributed by atoms with E-state index < -0.39 is 20.0 Å². The van der Waals surface area contributed by atoms with Crippen LogP contribution in [0.2, 0.25) is 0 Å². The number of nitrogens with one attached hydrogen (secondary N) is 1. The summed E-state index contributed by atoms with van der Waals surface area (Å²) in [7, 11) is -4.31. The Bertz CT molecular complexity index is 819. The van der Waals surface area contributed by atoms with Gasteiger partial charge < -0.3 is 21.1 Å². The molecule has 54 heavy (non-hydrogen) atoms. The minimum absolute atomic E-state index is 0.0925. The molecule has 0 aromatic rings. The van der Waals surface area contributed by atoms with Gasteiger partial charge in [-0.05, 0) is 12.8 Å². The van der Waals surface area contributed by atoms with E-state index in [0.29, 0.717) is 12.8 Å². The summed E-state index contributed by atoms with van der Waals surface area (Å²) in [6, 6.07) is -0.767. The van der Waals surface area contributed by atoms with Gasteiger partial charge in [0.05, 0.1) is 25.4 Å². The van der Waals surface area contributed by atoms with Crippen molar-refractivity contribution in [1.29, 1.82) is 0 Å². The molecule has 0 spiro atoms. The van der Waals surface area contributed by atoms with Crippen molar-refractivity contribution < 1.29 is 28.4 Å². The van der Waals surface area contributed by atoms with Gasteiger partial charge in [-0.15, -0.1) is 0 Å². The Labute approximate surface area is 335 Å². The first kappa shape index (κ1) is 53.5. The third-order valence-electron chi connectivity index (χ3n) is 11.0. The maximum absolute atomic E-state index is 12.8. The zero-order chi connectivity index (χ0) is 39.6. The largest absolute Gasteiger partial charge is 0.472 e. The van der Waals surface area contributed by atoms with E-state index in [-0.39, 0.29) is 25.7 Å². The van der Waals surface area contributed by atoms with Crippen LogP contribution in [-0.4, -0.2) is 47.8 Å². The number of amides is 1. The molecule has 0 aliphatic rings. The fourth-order valence-corrected chi connectivity index (χ4v) is 8.13. The van der Waals surface area contributed by atoms with Gasteiger partial charge in [0.1, 0.15) is 0 Å². The van der Waals surface area contributed by atoms with E-state index in [1.54, 1.807) is 0 Å². The van der Waals surface area contributed by atoms with E-state index in [1.807, 2.05) is 0 Å². The van der Waals surface area contributed by atoms with Gasteiger partial charge in [0, 0.05) is 13.0 Å². The molecule has 5 N–H and O–H groups in total. The minimum Gasteiger partial charge on any atom is -0.391 e. The summed E-state index contributed by atoms with van der Waals surface area (Å²) in [6.45, 7) is 4.24. The van der Waals surface area contributed by atoms with Gasteiger partial charge in [0.15, 0.2) is 0 Å². The quantitative estimate of drug-likeness (QED) is 0.0357. The van der Waals surface area contributed by atoms with Crippen LogP contribution < -0.4 is 11.1 Å². The van der Waals surface area contributed by atoms with Gasteiger partial charge in [0.2, 0.25) is 5.91 Å². The second-order valence-electron chi connectivity index (χ2n) is 16.3. The third kappa shape index (κ3) is 39.7. The second-order valence-corrected chi connectivity index (χ2v) is 17.8. The standard InChI is InChI=1S/C45H93N2O6P/c1-3-5-7-9-11-13-15-17-18-19-20-21-22-23-24-25-26-27-29-31-33-35-37-39-45(49)47-43(42-53-54(50,51)52-41-40-46)44(48)38-36-34-32-30-28-16-14-12-10-8-6-4-2/h43-44,48H,3-42,46H2,1-2H3,(H,47,49)(H,50,51)/t43-,44+/m0/s1. The predicted molar refractivity (Wildman–Crippen MR) is 231 cm³/mol. The highest BCUT2D eigenvalue weighted by Gasteiger charge is 2.27. The summed E-state index contributed by atoms with van der Waals surface area (Å²) in [6.07, 6.45) is 45.5. The van der Waals surface area contributed by atoms with E-state index in [0.717, 1.165) is 38.5 Å². The monoisotopic (exact) mass is 789 g/mol. The van der Waals surface area contributed by atoms with Crippen molar-refractivity contribution in [3.8, 4) is 0 Å². The molecule has 0 aromatic heterocycles. The predicted octanol–water partition coefficient (Wildman–Crippen LogP) is 13.4. The van der Waals surface area contributed by atoms with Crippen LogP contribution in [0.3, 0.4) is 0 Å². The highest BCUT2D eigenvalue weighted by atomic mass is 31.2. The Morgan fingerprint density at radius 2 is 0.852 bits per heavy atom. The van der Waals surface area contributed by atoms with E-state index in [4.69, 9.17) is 14.8 Å². The molecule has 0 aliphatic carbocycles. The summed E-state index contributed by atoms with van der Waals surface area (Å²) < 4.78 is 22.2. The summed E-state index contributed by atoms with van der Waals surface area (Å²) >= 11 is 0. The molecule has 0 aliphatic heterocycles. The number of phosphoric ester groups is 1. The van der Waals surface area contributed by atoms with Crippen LogP contribution in [0, 0.1) is 0 Å². The number of hydrogen-bond donors (Lipinski definition) is 4. The Kier molecular flexibility index (Phi) is 41.7. The number of aliphatic hydroxyl groups excluding tert-OH is 1. The number of unbranched alkanes of at least 4 members (excludes halogenated alkanes) is 33. The SMILES string of the molecule is CCCCCCCCCCCCCCCCCCCCCCCCCC(=O)N[C@@H](COP(=O)(O)OCCN)[C@H](O)CCCCCCCCCCCCCC. The number of phosphoric acid groups is 1. The van der Waals surface area contributed by atoms with E-state index >= 15 is 0 Å². The summed E-state index contributed by atoms with van der Waals surface area (Å²) in [5.41, 5.74) is 5.38. The number of carbonyl (C=O) groups excluding carboxylic acids is 1. The van der Waals surface area contributed by atoms with Crippen LogP contribution in [0.25, 0.3) is 0 Å². The molecule has 1 amide bonds. The van der Waals surface area contributed by atoms with Gasteiger partial charge in [-0.3, -0.25) is 13.8 Å². The molecule has 1 unspecified atom stereocenters. The highest BCUT2D eigenvalue weighted by molar-refractivity contribution is 7.47. The fraction of sp³-hybridized carbons (Fsp3) is 0.978. The van der Waals surface area contributed by atoms with E-state index in [2.05, 4.69) is 19.2 Å². The molecule has 0 fully saturated rings. The molecule has 0 saturated heterocycles. The molecular formula is C45H93N2O6P. The maximum Gasteiger partial charge on any atom is 0.472 e. The van der Waals surface area contributed by atoms with Gasteiger partial charge in [-0.1, -0.05) is 232 Å². The number of hydrogen-bond acceptors (Lipinski definition) is 6. The molecule has 0 radical (unpaired) electrons. The van der Waals surface area contributed by atoms with Crippen LogP contribution in [0.4, 0.5) is 0 Å². The van der Waals surface area contributed by atoms with Crippen LogP contribution in [0.1, 0.15) is 251 Å². The van der Waals surface area contributed by atoms with Crippen LogP contribution in [0.15, 0.2) is 0 Å². The fourth-order valence-electron chi connectivity index (χ4n) is 7.37. The lowest BCUT2D eigenvalue weighted by Crippen LogP contribution is -2.46. The average Bonchev–Trinajstić information content (AvgIpc) is 3.16. The molecule has 0 aromatic carbocycles. The summed E-state index contributed by atoms with van der Waals surface area (Å²) in [4.78, 5) is 22.7. The lowest BCUT2D eigenvalue weighted by atomic mass is 10.0. The van der Waals surface area contributed by atoms with Crippen LogP contribution in [0.5, 0.6) is 0 Å². The molecule has 0 bridgehead atoms. The Morgan fingerprint density at radius 1 is 0.537 bits per heavy atom. The van der Waals surface area contributed by atoms with Crippen molar-refractivity contribution >= 4 is 13.7 Å². The summed E-state index contributed by atoms with van der Waals surface area (Å²) in [5.74, 6) is -0.156. The van der Waals surface area contributed by atoms with Gasteiger partial charge in [-0.25, -0.2) is 4.57 Å². The molecule has 9 heteroatoms. The number of carbonyl (C=O) groups is 1. The molecule has 0 heterocycles. The zero-order valence-electron chi connectivity index (χ0n) is 36.0. The smallest absolute Gasteiger partial charge is 0.391 e. The van der Waals surface area contributed by atoms with Crippen LogP contribution in [-0.2, 0) is 18.4 Å². The maximum atomic E-state index is 12.8. The van der Waals surface area contributed by atoms with Crippen molar-refractivity contribution in [3.05, 3.63) is 0 Å². The number of nitrogens with two attached hydrogens (primary N) is 1. The number of rotatable bonds is 45. The van der Waals surface area contributed by atoms with Gasteiger partial charge >= 0.3 is 7.82 Å². The van der Waals surface area contributed by atoms with Gasteiger partial charge in [-0.2, -0.15) is 0 Å². The van der Waals surface area contributed by atoms with Crippen molar-refractivity contribution in [1.82, 2.24) is 5.32 Å². The van der Waals surface area contributed by atoms with E-state index in [9.17, 15) is 19.4 Å².